The zero-order valence-corrected chi connectivity index (χ0v) is 15.5. The van der Waals surface area contributed by atoms with Gasteiger partial charge in [0.25, 0.3) is 10.2 Å². The first-order chi connectivity index (χ1) is 13.0. The van der Waals surface area contributed by atoms with Crippen LogP contribution in [0.25, 0.3) is 22.4 Å². The summed E-state index contributed by atoms with van der Waals surface area (Å²) in [5.74, 6) is 1.27. The van der Waals surface area contributed by atoms with E-state index >= 15 is 0 Å². The van der Waals surface area contributed by atoms with Crippen LogP contribution in [0.15, 0.2) is 30.6 Å². The van der Waals surface area contributed by atoms with Gasteiger partial charge in [0.2, 0.25) is 5.95 Å². The van der Waals surface area contributed by atoms with Crippen LogP contribution in [0.3, 0.4) is 0 Å². The van der Waals surface area contributed by atoms with Crippen LogP contribution in [0.4, 0.5) is 5.95 Å². The molecule has 10 nitrogen and oxygen atoms in total. The van der Waals surface area contributed by atoms with Crippen molar-refractivity contribution in [2.75, 3.05) is 38.2 Å². The second-order valence-electron chi connectivity index (χ2n) is 6.13. The Morgan fingerprint density at radius 2 is 1.81 bits per heavy atom. The number of ether oxygens (including phenoxy) is 1. The van der Waals surface area contributed by atoms with E-state index in [2.05, 4.69) is 15.0 Å². The molecule has 0 radical (unpaired) electrons. The summed E-state index contributed by atoms with van der Waals surface area (Å²) in [5, 5.41) is 5.20. The lowest BCUT2D eigenvalue weighted by molar-refractivity contribution is 0.383. The van der Waals surface area contributed by atoms with Gasteiger partial charge < -0.3 is 14.6 Å². The van der Waals surface area contributed by atoms with Crippen molar-refractivity contribution in [3.63, 3.8) is 0 Å². The molecule has 3 heterocycles. The average molecular weight is 389 g/mol. The molecule has 3 aromatic rings. The molecule has 0 saturated carbocycles. The van der Waals surface area contributed by atoms with Crippen molar-refractivity contribution in [2.24, 2.45) is 5.14 Å². The number of hydrogen-bond donors (Lipinski definition) is 2. The summed E-state index contributed by atoms with van der Waals surface area (Å²) < 4.78 is 29.4. The number of imidazole rings is 1. The Balaban J connectivity index is 1.69. The van der Waals surface area contributed by atoms with Crippen molar-refractivity contribution in [3.8, 4) is 17.0 Å². The fourth-order valence-electron chi connectivity index (χ4n) is 3.06. The first-order valence-electron chi connectivity index (χ1n) is 8.34. The lowest BCUT2D eigenvalue weighted by Gasteiger charge is -2.33. The summed E-state index contributed by atoms with van der Waals surface area (Å²) in [6.07, 6.45) is 1.58. The summed E-state index contributed by atoms with van der Waals surface area (Å²) in [5.41, 5.74) is 2.92. The Morgan fingerprint density at radius 3 is 2.44 bits per heavy atom. The molecule has 4 rings (SSSR count). The van der Waals surface area contributed by atoms with Gasteiger partial charge in [0.1, 0.15) is 17.0 Å². The predicted molar refractivity (Wildman–Crippen MR) is 101 cm³/mol. The maximum atomic E-state index is 11.5. The SMILES string of the molecule is COc1ccc(-c2nc(N3CCN(S(N)(=O)=O)CC3)nc3nc[nH]c23)cc1. The smallest absolute Gasteiger partial charge is 0.277 e. The highest BCUT2D eigenvalue weighted by molar-refractivity contribution is 7.86. The Morgan fingerprint density at radius 1 is 1.11 bits per heavy atom. The van der Waals surface area contributed by atoms with Gasteiger partial charge in [-0.05, 0) is 24.3 Å². The molecule has 0 bridgehead atoms. The second kappa shape index (κ2) is 6.76. The molecule has 0 aliphatic carbocycles. The normalized spacial score (nSPS) is 16.0. The van der Waals surface area contributed by atoms with Gasteiger partial charge in [0, 0.05) is 31.7 Å². The van der Waals surface area contributed by atoms with Crippen LogP contribution in [-0.2, 0) is 10.2 Å². The fraction of sp³-hybridized carbons (Fsp3) is 0.312. The Labute approximate surface area is 156 Å². The highest BCUT2D eigenvalue weighted by Crippen LogP contribution is 2.28. The number of H-pyrrole nitrogens is 1. The van der Waals surface area contributed by atoms with Crippen molar-refractivity contribution in [1.29, 1.82) is 0 Å². The molecule has 1 aliphatic heterocycles. The van der Waals surface area contributed by atoms with E-state index in [0.717, 1.165) is 22.5 Å². The number of nitrogens with zero attached hydrogens (tertiary/aromatic N) is 5. The van der Waals surface area contributed by atoms with E-state index in [1.165, 1.54) is 4.31 Å². The molecule has 142 valence electrons. The van der Waals surface area contributed by atoms with Crippen molar-refractivity contribution in [1.82, 2.24) is 24.2 Å². The number of rotatable bonds is 4. The number of methoxy groups -OCH3 is 1. The number of nitrogens with one attached hydrogen (secondary N) is 1. The molecule has 3 N–H and O–H groups in total. The Hall–Kier alpha value is -2.76. The fourth-order valence-corrected chi connectivity index (χ4v) is 3.74. The largest absolute Gasteiger partial charge is 0.497 e. The number of aromatic nitrogens is 4. The molecule has 1 aromatic carbocycles. The van der Waals surface area contributed by atoms with Crippen LogP contribution in [0, 0.1) is 0 Å². The second-order valence-corrected chi connectivity index (χ2v) is 7.68. The van der Waals surface area contributed by atoms with Gasteiger partial charge in [-0.25, -0.2) is 15.1 Å². The van der Waals surface area contributed by atoms with Gasteiger partial charge in [0.05, 0.1) is 13.4 Å². The third-order valence-electron chi connectivity index (χ3n) is 4.52. The number of fused-ring (bicyclic) bond motifs is 1. The maximum Gasteiger partial charge on any atom is 0.277 e. The molecule has 1 fully saturated rings. The van der Waals surface area contributed by atoms with E-state index in [1.807, 2.05) is 29.2 Å². The molecule has 0 atom stereocenters. The van der Waals surface area contributed by atoms with Crippen LogP contribution in [-0.4, -0.2) is 65.9 Å². The number of hydrogen-bond acceptors (Lipinski definition) is 7. The minimum absolute atomic E-state index is 0.290. The number of aromatic amines is 1. The standard InChI is InChI=1S/C16H19N7O3S/c1-26-12-4-2-11(3-5-12)13-14-15(19-10-18-14)21-16(20-13)22-6-8-23(9-7-22)27(17,24)25/h2-5,10H,6-9H2,1H3,(H2,17,24,25)(H,18,19,20,21). The molecule has 27 heavy (non-hydrogen) atoms. The minimum atomic E-state index is -3.68. The van der Waals surface area contributed by atoms with Gasteiger partial charge in [-0.2, -0.15) is 17.7 Å². The van der Waals surface area contributed by atoms with E-state index in [0.29, 0.717) is 37.8 Å². The molecular formula is C16H19N7O3S. The van der Waals surface area contributed by atoms with Crippen LogP contribution < -0.4 is 14.8 Å². The third-order valence-corrected chi connectivity index (χ3v) is 5.60. The number of anilines is 1. The van der Waals surface area contributed by atoms with Crippen LogP contribution >= 0.6 is 0 Å². The maximum absolute atomic E-state index is 11.5. The van der Waals surface area contributed by atoms with Crippen molar-refractivity contribution in [3.05, 3.63) is 30.6 Å². The Bertz CT molecular complexity index is 1060. The number of nitrogens with two attached hydrogens (primary N) is 1. The highest BCUT2D eigenvalue weighted by atomic mass is 32.2. The monoisotopic (exact) mass is 389 g/mol. The van der Waals surface area contributed by atoms with E-state index in [9.17, 15) is 8.42 Å². The van der Waals surface area contributed by atoms with Crippen LogP contribution in [0.1, 0.15) is 0 Å². The summed E-state index contributed by atoms with van der Waals surface area (Å²) in [7, 11) is -2.06. The number of benzene rings is 1. The van der Waals surface area contributed by atoms with Gasteiger partial charge in [-0.3, -0.25) is 0 Å². The summed E-state index contributed by atoms with van der Waals surface area (Å²) >= 11 is 0. The van der Waals surface area contributed by atoms with E-state index in [1.54, 1.807) is 13.4 Å². The first-order valence-corrected chi connectivity index (χ1v) is 9.84. The zero-order chi connectivity index (χ0) is 19.0. The summed E-state index contributed by atoms with van der Waals surface area (Å²) in [6, 6.07) is 7.57. The Kier molecular flexibility index (Phi) is 4.42. The molecule has 1 saturated heterocycles. The van der Waals surface area contributed by atoms with E-state index < -0.39 is 10.2 Å². The zero-order valence-electron chi connectivity index (χ0n) is 14.7. The molecule has 11 heteroatoms. The van der Waals surface area contributed by atoms with E-state index in [4.69, 9.17) is 14.9 Å². The van der Waals surface area contributed by atoms with Crippen molar-refractivity contribution >= 4 is 27.3 Å². The predicted octanol–water partition coefficient (Wildman–Crippen LogP) is 0.354. The third kappa shape index (κ3) is 3.44. The lowest BCUT2D eigenvalue weighted by atomic mass is 10.1. The quantitative estimate of drug-likeness (QED) is 0.658. The van der Waals surface area contributed by atoms with Crippen molar-refractivity contribution < 1.29 is 13.2 Å². The molecule has 0 spiro atoms. The molecule has 0 amide bonds. The highest BCUT2D eigenvalue weighted by Gasteiger charge is 2.26. The summed E-state index contributed by atoms with van der Waals surface area (Å²) in [4.78, 5) is 18.5. The topological polar surface area (TPSA) is 130 Å². The van der Waals surface area contributed by atoms with Gasteiger partial charge >= 0.3 is 0 Å². The van der Waals surface area contributed by atoms with Gasteiger partial charge in [-0.15, -0.1) is 0 Å². The summed E-state index contributed by atoms with van der Waals surface area (Å²) in [6.45, 7) is 1.49. The molecule has 0 unspecified atom stereocenters. The van der Waals surface area contributed by atoms with E-state index in [-0.39, 0.29) is 0 Å². The average Bonchev–Trinajstić information content (AvgIpc) is 3.15. The molecule has 2 aromatic heterocycles. The lowest BCUT2D eigenvalue weighted by Crippen LogP contribution is -2.51. The van der Waals surface area contributed by atoms with Crippen LogP contribution in [0.5, 0.6) is 5.75 Å². The first kappa shape index (κ1) is 17.6. The van der Waals surface area contributed by atoms with Gasteiger partial charge in [-0.1, -0.05) is 0 Å². The molecular weight excluding hydrogens is 370 g/mol. The van der Waals surface area contributed by atoms with Crippen molar-refractivity contribution in [2.45, 2.75) is 0 Å². The number of piperazine rings is 1. The van der Waals surface area contributed by atoms with Crippen LogP contribution in [0.2, 0.25) is 0 Å². The van der Waals surface area contributed by atoms with Gasteiger partial charge in [0.15, 0.2) is 5.65 Å². The minimum Gasteiger partial charge on any atom is -0.497 e. The molecule has 1 aliphatic rings.